The van der Waals surface area contributed by atoms with Crippen LogP contribution < -0.4 is 10.2 Å². The van der Waals surface area contributed by atoms with Crippen molar-refractivity contribution >= 4 is 29.1 Å². The number of carbonyl (C=O) groups is 2. The average Bonchev–Trinajstić information content (AvgIpc) is 3.10. The molecule has 0 radical (unpaired) electrons. The number of carbonyl (C=O) groups excluding carboxylic acids is 2. The molecule has 1 aliphatic carbocycles. The van der Waals surface area contributed by atoms with Crippen LogP contribution in [0.15, 0.2) is 35.6 Å². The Morgan fingerprint density at radius 1 is 1.22 bits per heavy atom. The van der Waals surface area contributed by atoms with Crippen molar-refractivity contribution in [2.45, 2.75) is 30.8 Å². The van der Waals surface area contributed by atoms with E-state index in [0.29, 0.717) is 23.7 Å². The maximum atomic E-state index is 12.1. The molecule has 0 unspecified atom stereocenters. The number of ketones is 1. The largest absolute Gasteiger partial charge is 0.369 e. The van der Waals surface area contributed by atoms with E-state index in [1.54, 1.807) is 6.20 Å². The Labute approximate surface area is 162 Å². The van der Waals surface area contributed by atoms with Crippen molar-refractivity contribution in [1.82, 2.24) is 15.3 Å². The van der Waals surface area contributed by atoms with Crippen LogP contribution in [0.1, 0.15) is 34.5 Å². The van der Waals surface area contributed by atoms with Crippen molar-refractivity contribution in [2.75, 3.05) is 30.3 Å². The quantitative estimate of drug-likeness (QED) is 0.610. The van der Waals surface area contributed by atoms with Crippen LogP contribution in [0.5, 0.6) is 0 Å². The molecule has 2 heterocycles. The molecule has 140 valence electrons. The maximum Gasteiger partial charge on any atom is 0.230 e. The summed E-state index contributed by atoms with van der Waals surface area (Å²) in [6, 6.07) is 8.42. The van der Waals surface area contributed by atoms with Gasteiger partial charge >= 0.3 is 0 Å². The minimum Gasteiger partial charge on any atom is -0.369 e. The second-order valence-electron chi connectivity index (χ2n) is 6.79. The van der Waals surface area contributed by atoms with E-state index in [-0.39, 0.29) is 17.4 Å². The predicted molar refractivity (Wildman–Crippen MR) is 105 cm³/mol. The van der Waals surface area contributed by atoms with Crippen LogP contribution in [-0.4, -0.2) is 47.0 Å². The summed E-state index contributed by atoms with van der Waals surface area (Å²) in [7, 11) is 0. The first-order chi connectivity index (χ1) is 13.2. The number of rotatable bonds is 6. The van der Waals surface area contributed by atoms with Gasteiger partial charge in [0.1, 0.15) is 0 Å². The number of nitrogens with one attached hydrogen (secondary N) is 1. The molecule has 7 heteroatoms. The summed E-state index contributed by atoms with van der Waals surface area (Å²) in [6.45, 7) is 2.43. The van der Waals surface area contributed by atoms with Crippen molar-refractivity contribution in [2.24, 2.45) is 0 Å². The number of hydrogen-bond donors (Lipinski definition) is 1. The van der Waals surface area contributed by atoms with Crippen molar-refractivity contribution in [3.63, 3.8) is 0 Å². The fraction of sp³-hybridized carbons (Fsp3) is 0.400. The van der Waals surface area contributed by atoms with E-state index < -0.39 is 0 Å². The zero-order valence-corrected chi connectivity index (χ0v) is 15.9. The van der Waals surface area contributed by atoms with Gasteiger partial charge in [0.25, 0.3) is 0 Å². The Morgan fingerprint density at radius 3 is 3.04 bits per heavy atom. The fourth-order valence-electron chi connectivity index (χ4n) is 3.59. The molecule has 0 spiro atoms. The Balaban J connectivity index is 1.23. The summed E-state index contributed by atoms with van der Waals surface area (Å²) in [6.07, 6.45) is 4.90. The maximum absolute atomic E-state index is 12.1. The molecule has 0 saturated heterocycles. The molecule has 0 fully saturated rings. The third kappa shape index (κ3) is 4.13. The molecule has 0 saturated carbocycles. The van der Waals surface area contributed by atoms with Gasteiger partial charge in [-0.1, -0.05) is 30.0 Å². The highest BCUT2D eigenvalue weighted by atomic mass is 32.2. The summed E-state index contributed by atoms with van der Waals surface area (Å²) in [5.74, 6) is 0.377. The van der Waals surface area contributed by atoms with Crippen LogP contribution in [0, 0.1) is 0 Å². The molecule has 2 aliphatic rings. The molecule has 1 aromatic heterocycles. The van der Waals surface area contributed by atoms with Gasteiger partial charge in [0.05, 0.1) is 17.0 Å². The average molecular weight is 382 g/mol. The standard InChI is InChI=1S/C20H22N4O2S/c25-18-7-3-5-16-15(18)12-22-20(23-16)27-13-19(26)21-9-11-24-10-8-14-4-1-2-6-17(14)24/h1-2,4,6,12H,3,5,7-11,13H2,(H,21,26). The summed E-state index contributed by atoms with van der Waals surface area (Å²) in [5.41, 5.74) is 4.11. The second kappa shape index (κ2) is 8.08. The number of para-hydroxylation sites is 1. The smallest absolute Gasteiger partial charge is 0.230 e. The number of Topliss-reactive ketones (excluding diaryl/α,β-unsaturated/α-hetero) is 1. The monoisotopic (exact) mass is 382 g/mol. The second-order valence-corrected chi connectivity index (χ2v) is 7.74. The first-order valence-electron chi connectivity index (χ1n) is 9.32. The molecule has 1 amide bonds. The zero-order valence-electron chi connectivity index (χ0n) is 15.1. The molecule has 0 atom stereocenters. The van der Waals surface area contributed by atoms with Crippen molar-refractivity contribution in [3.8, 4) is 0 Å². The van der Waals surface area contributed by atoms with Gasteiger partial charge in [-0.3, -0.25) is 9.59 Å². The van der Waals surface area contributed by atoms with Gasteiger partial charge in [-0.25, -0.2) is 9.97 Å². The van der Waals surface area contributed by atoms with Crippen molar-refractivity contribution in [1.29, 1.82) is 0 Å². The lowest BCUT2D eigenvalue weighted by molar-refractivity contribution is -0.118. The van der Waals surface area contributed by atoms with Crippen molar-refractivity contribution in [3.05, 3.63) is 47.3 Å². The number of hydrogen-bond acceptors (Lipinski definition) is 6. The van der Waals surface area contributed by atoms with Gasteiger partial charge < -0.3 is 10.2 Å². The number of fused-ring (bicyclic) bond motifs is 2. The lowest BCUT2D eigenvalue weighted by atomic mass is 9.96. The number of nitrogens with zero attached hydrogens (tertiary/aromatic N) is 3. The molecule has 6 nitrogen and oxygen atoms in total. The van der Waals surface area contributed by atoms with Crippen LogP contribution in [0.25, 0.3) is 0 Å². The van der Waals surface area contributed by atoms with E-state index in [2.05, 4.69) is 44.5 Å². The summed E-state index contributed by atoms with van der Waals surface area (Å²) in [5, 5.41) is 3.53. The highest BCUT2D eigenvalue weighted by Crippen LogP contribution is 2.26. The number of aryl methyl sites for hydroxylation is 1. The third-order valence-electron chi connectivity index (χ3n) is 4.98. The van der Waals surface area contributed by atoms with Crippen LogP contribution >= 0.6 is 11.8 Å². The number of benzene rings is 1. The molecule has 27 heavy (non-hydrogen) atoms. The summed E-state index contributed by atoms with van der Waals surface area (Å²) < 4.78 is 0. The Morgan fingerprint density at radius 2 is 2.11 bits per heavy atom. The summed E-state index contributed by atoms with van der Waals surface area (Å²) in [4.78, 5) is 34.9. The lowest BCUT2D eigenvalue weighted by Gasteiger charge is -2.19. The van der Waals surface area contributed by atoms with E-state index >= 15 is 0 Å². The minimum atomic E-state index is -0.0233. The molecule has 2 aromatic rings. The van der Waals surface area contributed by atoms with Gasteiger partial charge in [-0.2, -0.15) is 0 Å². The number of thioether (sulfide) groups is 1. The Hall–Kier alpha value is -2.41. The minimum absolute atomic E-state index is 0.0233. The summed E-state index contributed by atoms with van der Waals surface area (Å²) >= 11 is 1.31. The molecule has 4 rings (SSSR count). The van der Waals surface area contributed by atoms with Crippen LogP contribution in [0.4, 0.5) is 5.69 Å². The van der Waals surface area contributed by atoms with Gasteiger partial charge in [-0.05, 0) is 30.9 Å². The first kappa shape index (κ1) is 18.0. The third-order valence-corrected chi connectivity index (χ3v) is 5.84. The first-order valence-corrected chi connectivity index (χ1v) is 10.3. The van der Waals surface area contributed by atoms with Gasteiger partial charge in [0.15, 0.2) is 10.9 Å². The molecular weight excluding hydrogens is 360 g/mol. The fourth-order valence-corrected chi connectivity index (χ4v) is 4.26. The number of amides is 1. The van der Waals surface area contributed by atoms with E-state index in [1.165, 1.54) is 23.0 Å². The molecule has 0 bridgehead atoms. The highest BCUT2D eigenvalue weighted by Gasteiger charge is 2.20. The van der Waals surface area contributed by atoms with Gasteiger partial charge in [0.2, 0.25) is 5.91 Å². The topological polar surface area (TPSA) is 75.2 Å². The molecule has 1 aromatic carbocycles. The number of aromatic nitrogens is 2. The Kier molecular flexibility index (Phi) is 5.38. The lowest BCUT2D eigenvalue weighted by Crippen LogP contribution is -2.35. The van der Waals surface area contributed by atoms with E-state index in [4.69, 9.17) is 0 Å². The van der Waals surface area contributed by atoms with E-state index in [1.807, 2.05) is 0 Å². The highest BCUT2D eigenvalue weighted by molar-refractivity contribution is 7.99. The zero-order chi connectivity index (χ0) is 18.6. The van der Waals surface area contributed by atoms with E-state index in [9.17, 15) is 9.59 Å². The molecular formula is C20H22N4O2S. The van der Waals surface area contributed by atoms with Crippen molar-refractivity contribution < 1.29 is 9.59 Å². The predicted octanol–water partition coefficient (Wildman–Crippen LogP) is 2.27. The van der Waals surface area contributed by atoms with Crippen LogP contribution in [0.3, 0.4) is 0 Å². The SMILES string of the molecule is O=C(CSc1ncc2c(n1)CCCC2=O)NCCN1CCc2ccccc21. The Bertz CT molecular complexity index is 871. The molecule has 1 aliphatic heterocycles. The number of anilines is 1. The van der Waals surface area contributed by atoms with E-state index in [0.717, 1.165) is 38.0 Å². The van der Waals surface area contributed by atoms with Gasteiger partial charge in [-0.15, -0.1) is 0 Å². The molecule has 1 N–H and O–H groups in total. The van der Waals surface area contributed by atoms with Crippen LogP contribution in [-0.2, 0) is 17.6 Å². The van der Waals surface area contributed by atoms with Crippen LogP contribution in [0.2, 0.25) is 0 Å². The van der Waals surface area contributed by atoms with Gasteiger partial charge in [0, 0.05) is 37.9 Å². The normalized spacial score (nSPS) is 15.4.